The molecule has 34 heavy (non-hydrogen) atoms. The van der Waals surface area contributed by atoms with Crippen LogP contribution in [0.1, 0.15) is 46.1 Å². The number of carbonyl (C=O) groups is 1. The number of benzene rings is 1. The molecule has 2 heterocycles. The van der Waals surface area contributed by atoms with Gasteiger partial charge in [0.05, 0.1) is 19.0 Å². The molecular formula is C25H31F2N3O4. The number of hydrogen-bond donors (Lipinski definition) is 0. The molecule has 0 aliphatic carbocycles. The van der Waals surface area contributed by atoms with E-state index in [0.29, 0.717) is 31.9 Å². The monoisotopic (exact) mass is 475 g/mol. The molecule has 0 spiro atoms. The zero-order valence-corrected chi connectivity index (χ0v) is 20.0. The van der Waals surface area contributed by atoms with Gasteiger partial charge in [0.1, 0.15) is 29.5 Å². The predicted octanol–water partition coefficient (Wildman–Crippen LogP) is 5.42. The van der Waals surface area contributed by atoms with E-state index in [-0.39, 0.29) is 29.0 Å². The second-order valence-electron chi connectivity index (χ2n) is 9.11. The van der Waals surface area contributed by atoms with Crippen LogP contribution in [0.4, 0.5) is 13.6 Å². The summed E-state index contributed by atoms with van der Waals surface area (Å²) in [5.74, 6) is -0.786. The quantitative estimate of drug-likeness (QED) is 0.395. The molecule has 1 saturated heterocycles. The van der Waals surface area contributed by atoms with Crippen molar-refractivity contribution in [2.24, 2.45) is 11.1 Å². The van der Waals surface area contributed by atoms with Crippen molar-refractivity contribution in [1.29, 1.82) is 0 Å². The Kier molecular flexibility index (Phi) is 8.41. The third kappa shape index (κ3) is 7.13. The highest BCUT2D eigenvalue weighted by molar-refractivity contribution is 5.80. The summed E-state index contributed by atoms with van der Waals surface area (Å²) in [4.78, 5) is 22.8. The third-order valence-corrected chi connectivity index (χ3v) is 5.22. The molecule has 3 rings (SSSR count). The van der Waals surface area contributed by atoms with Gasteiger partial charge in [0, 0.05) is 24.7 Å². The molecular weight excluding hydrogens is 444 g/mol. The first-order chi connectivity index (χ1) is 16.2. The summed E-state index contributed by atoms with van der Waals surface area (Å²) in [6, 6.07) is 5.51. The highest BCUT2D eigenvalue weighted by atomic mass is 19.1. The average Bonchev–Trinajstić information content (AvgIpc) is 2.78. The lowest BCUT2D eigenvalue weighted by atomic mass is 9.98. The van der Waals surface area contributed by atoms with Crippen molar-refractivity contribution in [3.8, 4) is 17.0 Å². The van der Waals surface area contributed by atoms with E-state index in [4.69, 9.17) is 14.3 Å². The Morgan fingerprint density at radius 1 is 1.21 bits per heavy atom. The number of oxime groups is 1. The molecule has 184 valence electrons. The molecule has 1 amide bonds. The highest BCUT2D eigenvalue weighted by Crippen LogP contribution is 2.27. The minimum absolute atomic E-state index is 0.0483. The van der Waals surface area contributed by atoms with Crippen LogP contribution in [0.15, 0.2) is 35.6 Å². The smallest absolute Gasteiger partial charge is 0.410 e. The number of aromatic nitrogens is 1. The van der Waals surface area contributed by atoms with Gasteiger partial charge in [-0.25, -0.2) is 18.6 Å². The molecule has 1 fully saturated rings. The van der Waals surface area contributed by atoms with Gasteiger partial charge >= 0.3 is 6.09 Å². The number of nitrogens with zero attached hydrogens (tertiary/aromatic N) is 3. The van der Waals surface area contributed by atoms with Crippen molar-refractivity contribution < 1.29 is 27.9 Å². The van der Waals surface area contributed by atoms with Crippen LogP contribution in [0.5, 0.6) is 5.75 Å². The summed E-state index contributed by atoms with van der Waals surface area (Å²) in [5, 5.41) is 3.69. The first-order valence-corrected chi connectivity index (χ1v) is 11.4. The number of hydrogen-bond acceptors (Lipinski definition) is 6. The zero-order chi connectivity index (χ0) is 24.7. The summed E-state index contributed by atoms with van der Waals surface area (Å²) >= 11 is 0. The molecule has 0 N–H and O–H groups in total. The maximum Gasteiger partial charge on any atom is 0.410 e. The summed E-state index contributed by atoms with van der Waals surface area (Å²) in [6.07, 6.45) is 3.98. The van der Waals surface area contributed by atoms with E-state index in [2.05, 4.69) is 10.1 Å². The summed E-state index contributed by atoms with van der Waals surface area (Å²) in [6.45, 7) is 9.26. The molecule has 0 radical (unpaired) electrons. The van der Waals surface area contributed by atoms with Crippen LogP contribution < -0.4 is 4.74 Å². The Balaban J connectivity index is 1.55. The topological polar surface area (TPSA) is 73.3 Å². The zero-order valence-electron chi connectivity index (χ0n) is 20.0. The van der Waals surface area contributed by atoms with E-state index in [9.17, 15) is 13.6 Å². The van der Waals surface area contributed by atoms with Gasteiger partial charge in [-0.2, -0.15) is 0 Å². The van der Waals surface area contributed by atoms with Crippen LogP contribution in [-0.4, -0.2) is 54.1 Å². The maximum atomic E-state index is 14.7. The van der Waals surface area contributed by atoms with Crippen molar-refractivity contribution in [2.75, 3.05) is 26.3 Å². The second kappa shape index (κ2) is 11.3. The van der Waals surface area contributed by atoms with E-state index in [1.54, 1.807) is 17.9 Å². The Bertz CT molecular complexity index is 1020. The third-order valence-electron chi connectivity index (χ3n) is 5.22. The van der Waals surface area contributed by atoms with Gasteiger partial charge in [-0.1, -0.05) is 11.2 Å². The SMILES string of the molecule is CCO/N=C/c1ccc(-c2ncc(OCC3CCN(C(=O)OC(C)(C)C)CC3)cc2F)c(F)c1. The molecule has 0 atom stereocenters. The van der Waals surface area contributed by atoms with Crippen LogP contribution in [0.3, 0.4) is 0 Å². The minimum Gasteiger partial charge on any atom is -0.492 e. The summed E-state index contributed by atoms with van der Waals surface area (Å²) < 4.78 is 40.4. The van der Waals surface area contributed by atoms with Crippen molar-refractivity contribution in [3.05, 3.63) is 47.7 Å². The Labute approximate surface area is 198 Å². The number of carbonyl (C=O) groups excluding carboxylic acids is 1. The molecule has 7 nitrogen and oxygen atoms in total. The van der Waals surface area contributed by atoms with Gasteiger partial charge in [0.25, 0.3) is 0 Å². The van der Waals surface area contributed by atoms with Crippen LogP contribution in [0.25, 0.3) is 11.3 Å². The van der Waals surface area contributed by atoms with Crippen molar-refractivity contribution in [3.63, 3.8) is 0 Å². The molecule has 0 saturated carbocycles. The van der Waals surface area contributed by atoms with Crippen molar-refractivity contribution >= 4 is 12.3 Å². The first-order valence-electron chi connectivity index (χ1n) is 11.4. The van der Waals surface area contributed by atoms with Crippen LogP contribution in [0, 0.1) is 17.6 Å². The Hall–Kier alpha value is -3.23. The molecule has 0 bridgehead atoms. The fourth-order valence-corrected chi connectivity index (χ4v) is 3.50. The number of amides is 1. The highest BCUT2D eigenvalue weighted by Gasteiger charge is 2.27. The number of ether oxygens (including phenoxy) is 2. The number of halogens is 2. The molecule has 1 aromatic heterocycles. The van der Waals surface area contributed by atoms with Gasteiger partial charge in [0.15, 0.2) is 5.82 Å². The molecule has 0 unspecified atom stereocenters. The number of pyridine rings is 1. The molecule has 9 heteroatoms. The molecule has 1 aliphatic heterocycles. The van der Waals surface area contributed by atoms with Crippen LogP contribution in [-0.2, 0) is 9.57 Å². The van der Waals surface area contributed by atoms with Crippen molar-refractivity contribution in [1.82, 2.24) is 9.88 Å². The average molecular weight is 476 g/mol. The number of likely N-dealkylation sites (tertiary alicyclic amines) is 1. The van der Waals surface area contributed by atoms with E-state index >= 15 is 0 Å². The minimum atomic E-state index is -0.674. The van der Waals surface area contributed by atoms with E-state index < -0.39 is 17.2 Å². The summed E-state index contributed by atoms with van der Waals surface area (Å²) in [5.41, 5.74) is -0.0768. The van der Waals surface area contributed by atoms with Gasteiger partial charge < -0.3 is 19.2 Å². The van der Waals surface area contributed by atoms with Crippen LogP contribution in [0.2, 0.25) is 0 Å². The lowest BCUT2D eigenvalue weighted by Gasteiger charge is -2.33. The largest absolute Gasteiger partial charge is 0.492 e. The molecule has 2 aromatic rings. The van der Waals surface area contributed by atoms with Gasteiger partial charge in [0.2, 0.25) is 0 Å². The Morgan fingerprint density at radius 3 is 2.56 bits per heavy atom. The Morgan fingerprint density at radius 2 is 1.94 bits per heavy atom. The van der Waals surface area contributed by atoms with Crippen molar-refractivity contribution in [2.45, 2.75) is 46.1 Å². The molecule has 1 aliphatic rings. The van der Waals surface area contributed by atoms with E-state index in [1.807, 2.05) is 20.8 Å². The first kappa shape index (κ1) is 25.4. The normalized spacial score (nSPS) is 14.9. The summed E-state index contributed by atoms with van der Waals surface area (Å²) in [7, 11) is 0. The van der Waals surface area contributed by atoms with Gasteiger partial charge in [-0.05, 0) is 64.2 Å². The van der Waals surface area contributed by atoms with Gasteiger partial charge in [-0.15, -0.1) is 0 Å². The van der Waals surface area contributed by atoms with Crippen LogP contribution >= 0.6 is 0 Å². The van der Waals surface area contributed by atoms with Gasteiger partial charge in [-0.3, -0.25) is 0 Å². The fraction of sp³-hybridized carbons (Fsp3) is 0.480. The fourth-order valence-electron chi connectivity index (χ4n) is 3.50. The lowest BCUT2D eigenvalue weighted by molar-refractivity contribution is 0.0164. The number of piperidine rings is 1. The number of rotatable bonds is 7. The van der Waals surface area contributed by atoms with E-state index in [1.165, 1.54) is 30.6 Å². The predicted molar refractivity (Wildman–Crippen MR) is 125 cm³/mol. The second-order valence-corrected chi connectivity index (χ2v) is 9.11. The molecule has 1 aromatic carbocycles. The van der Waals surface area contributed by atoms with E-state index in [0.717, 1.165) is 12.8 Å². The maximum absolute atomic E-state index is 14.7. The standard InChI is InChI=1S/C25H31F2N3O4/c1-5-33-29-14-18-6-7-20(21(26)12-18)23-22(27)13-19(15-28-23)32-16-17-8-10-30(11-9-17)24(31)34-25(2,3)4/h6-7,12-15,17H,5,8-11,16H2,1-4H3/b29-14+. The lowest BCUT2D eigenvalue weighted by Crippen LogP contribution is -2.42.